The third-order valence-electron chi connectivity index (χ3n) is 4.26. The van der Waals surface area contributed by atoms with Crippen LogP contribution < -0.4 is 10.5 Å². The molecule has 2 N–H and O–H groups in total. The summed E-state index contributed by atoms with van der Waals surface area (Å²) >= 11 is 0. The SMILES string of the molecule is COc1nc2ccccc2cc1-c1cc(-c2ccccn2)nc(N)c1C#N. The first-order valence-electron chi connectivity index (χ1n) is 8.27. The van der Waals surface area contributed by atoms with Crippen molar-refractivity contribution in [3.8, 4) is 34.5 Å². The van der Waals surface area contributed by atoms with E-state index in [0.717, 1.165) is 10.9 Å². The number of rotatable bonds is 3. The van der Waals surface area contributed by atoms with Gasteiger partial charge in [-0.15, -0.1) is 0 Å². The highest BCUT2D eigenvalue weighted by Gasteiger charge is 2.18. The highest BCUT2D eigenvalue weighted by molar-refractivity contribution is 5.89. The van der Waals surface area contributed by atoms with E-state index >= 15 is 0 Å². The van der Waals surface area contributed by atoms with Gasteiger partial charge in [-0.1, -0.05) is 24.3 Å². The molecular formula is C21H15N5O. The number of aromatic nitrogens is 3. The standard InChI is InChI=1S/C21H15N5O/c1-27-21-15(10-13-6-2-3-7-17(13)26-21)14-11-19(18-8-4-5-9-24-18)25-20(23)16(14)12-22/h2-11H,1H3,(H2,23,25). The summed E-state index contributed by atoms with van der Waals surface area (Å²) in [6.07, 6.45) is 1.68. The van der Waals surface area contributed by atoms with Crippen molar-refractivity contribution in [3.63, 3.8) is 0 Å². The number of ether oxygens (including phenoxy) is 1. The van der Waals surface area contributed by atoms with Crippen LogP contribution in [-0.2, 0) is 0 Å². The third-order valence-corrected chi connectivity index (χ3v) is 4.26. The third kappa shape index (κ3) is 2.92. The molecule has 0 amide bonds. The summed E-state index contributed by atoms with van der Waals surface area (Å²) < 4.78 is 5.50. The minimum Gasteiger partial charge on any atom is -0.481 e. The first-order chi connectivity index (χ1) is 13.2. The lowest BCUT2D eigenvalue weighted by Crippen LogP contribution is -2.02. The summed E-state index contributed by atoms with van der Waals surface area (Å²) in [4.78, 5) is 13.2. The first kappa shape index (κ1) is 16.5. The maximum Gasteiger partial charge on any atom is 0.221 e. The molecule has 0 unspecified atom stereocenters. The van der Waals surface area contributed by atoms with E-state index in [2.05, 4.69) is 21.0 Å². The van der Waals surface area contributed by atoms with Gasteiger partial charge < -0.3 is 10.5 Å². The largest absolute Gasteiger partial charge is 0.481 e. The summed E-state index contributed by atoms with van der Waals surface area (Å²) in [7, 11) is 1.55. The van der Waals surface area contributed by atoms with E-state index < -0.39 is 0 Å². The Bertz CT molecular complexity index is 1180. The lowest BCUT2D eigenvalue weighted by atomic mass is 9.99. The van der Waals surface area contributed by atoms with Crippen LogP contribution in [0.5, 0.6) is 5.88 Å². The number of fused-ring (bicyclic) bond motifs is 1. The van der Waals surface area contributed by atoms with Gasteiger partial charge in [0.1, 0.15) is 17.5 Å². The van der Waals surface area contributed by atoms with Crippen molar-refractivity contribution in [2.75, 3.05) is 12.8 Å². The van der Waals surface area contributed by atoms with Crippen LogP contribution in [0, 0.1) is 11.3 Å². The van der Waals surface area contributed by atoms with Crippen LogP contribution >= 0.6 is 0 Å². The van der Waals surface area contributed by atoms with Crippen LogP contribution in [0.4, 0.5) is 5.82 Å². The monoisotopic (exact) mass is 353 g/mol. The molecule has 6 nitrogen and oxygen atoms in total. The number of nitrogen functional groups attached to an aromatic ring is 1. The first-order valence-corrected chi connectivity index (χ1v) is 8.27. The van der Waals surface area contributed by atoms with Gasteiger partial charge in [-0.2, -0.15) is 5.26 Å². The van der Waals surface area contributed by atoms with E-state index in [0.29, 0.717) is 28.4 Å². The maximum absolute atomic E-state index is 9.65. The number of nitriles is 1. The average molecular weight is 353 g/mol. The predicted octanol–water partition coefficient (Wildman–Crippen LogP) is 3.82. The number of nitrogens with two attached hydrogens (primary N) is 1. The molecule has 3 aromatic heterocycles. The molecule has 0 bridgehead atoms. The fraction of sp³-hybridized carbons (Fsp3) is 0.0476. The molecule has 0 atom stereocenters. The van der Waals surface area contributed by atoms with Gasteiger partial charge in [-0.3, -0.25) is 4.98 Å². The molecule has 130 valence electrons. The summed E-state index contributed by atoms with van der Waals surface area (Å²) in [5.41, 5.74) is 9.72. The molecule has 3 heterocycles. The van der Waals surface area contributed by atoms with Crippen LogP contribution in [0.25, 0.3) is 33.4 Å². The molecule has 0 saturated carbocycles. The zero-order valence-electron chi connectivity index (χ0n) is 14.5. The fourth-order valence-corrected chi connectivity index (χ4v) is 2.99. The quantitative estimate of drug-likeness (QED) is 0.601. The Morgan fingerprint density at radius 1 is 0.963 bits per heavy atom. The van der Waals surface area contributed by atoms with E-state index in [4.69, 9.17) is 10.5 Å². The molecule has 27 heavy (non-hydrogen) atoms. The van der Waals surface area contributed by atoms with Crippen LogP contribution in [0.1, 0.15) is 5.56 Å². The van der Waals surface area contributed by atoms with Crippen LogP contribution in [0.2, 0.25) is 0 Å². The summed E-state index contributed by atoms with van der Waals surface area (Å²) in [6.45, 7) is 0. The van der Waals surface area contributed by atoms with Gasteiger partial charge in [0.15, 0.2) is 0 Å². The molecule has 0 aliphatic rings. The van der Waals surface area contributed by atoms with Crippen LogP contribution in [0.15, 0.2) is 60.8 Å². The second-order valence-electron chi connectivity index (χ2n) is 5.88. The second-order valence-corrected chi connectivity index (χ2v) is 5.88. The molecule has 4 aromatic rings. The molecule has 0 spiro atoms. The fourth-order valence-electron chi connectivity index (χ4n) is 2.99. The molecule has 0 aliphatic heterocycles. The number of para-hydroxylation sites is 1. The maximum atomic E-state index is 9.65. The zero-order valence-corrected chi connectivity index (χ0v) is 14.5. The number of nitrogens with zero attached hydrogens (tertiary/aromatic N) is 4. The number of hydrogen-bond donors (Lipinski definition) is 1. The van der Waals surface area contributed by atoms with Crippen molar-refractivity contribution in [1.29, 1.82) is 5.26 Å². The molecule has 0 radical (unpaired) electrons. The Morgan fingerprint density at radius 2 is 1.78 bits per heavy atom. The Hall–Kier alpha value is -3.98. The van der Waals surface area contributed by atoms with Gasteiger partial charge in [0, 0.05) is 22.7 Å². The van der Waals surface area contributed by atoms with E-state index in [1.807, 2.05) is 48.5 Å². The Labute approximate surface area is 155 Å². The summed E-state index contributed by atoms with van der Waals surface area (Å²) in [5.74, 6) is 0.564. The Balaban J connectivity index is 2.02. The van der Waals surface area contributed by atoms with Crippen molar-refractivity contribution in [2.24, 2.45) is 0 Å². The van der Waals surface area contributed by atoms with Gasteiger partial charge in [0.2, 0.25) is 5.88 Å². The zero-order chi connectivity index (χ0) is 18.8. The van der Waals surface area contributed by atoms with Crippen molar-refractivity contribution in [3.05, 3.63) is 66.4 Å². The molecule has 0 aliphatic carbocycles. The lowest BCUT2D eigenvalue weighted by molar-refractivity contribution is 0.401. The lowest BCUT2D eigenvalue weighted by Gasteiger charge is -2.13. The average Bonchev–Trinajstić information content (AvgIpc) is 2.72. The minimum atomic E-state index is 0.144. The number of benzene rings is 1. The predicted molar refractivity (Wildman–Crippen MR) is 104 cm³/mol. The summed E-state index contributed by atoms with van der Waals surface area (Å²) in [6, 6.07) is 19.2. The van der Waals surface area contributed by atoms with Crippen LogP contribution in [0.3, 0.4) is 0 Å². The van der Waals surface area contributed by atoms with Crippen molar-refractivity contribution in [1.82, 2.24) is 15.0 Å². The van der Waals surface area contributed by atoms with Crippen molar-refractivity contribution in [2.45, 2.75) is 0 Å². The smallest absolute Gasteiger partial charge is 0.221 e. The van der Waals surface area contributed by atoms with Crippen LogP contribution in [-0.4, -0.2) is 22.1 Å². The van der Waals surface area contributed by atoms with Gasteiger partial charge in [0.05, 0.1) is 24.0 Å². The van der Waals surface area contributed by atoms with E-state index in [1.54, 1.807) is 19.4 Å². The summed E-state index contributed by atoms with van der Waals surface area (Å²) in [5, 5.41) is 10.6. The van der Waals surface area contributed by atoms with E-state index in [-0.39, 0.29) is 11.4 Å². The normalized spacial score (nSPS) is 10.5. The van der Waals surface area contributed by atoms with Gasteiger partial charge in [-0.05, 0) is 30.3 Å². The van der Waals surface area contributed by atoms with Gasteiger partial charge in [-0.25, -0.2) is 9.97 Å². The highest BCUT2D eigenvalue weighted by atomic mass is 16.5. The van der Waals surface area contributed by atoms with Crippen molar-refractivity contribution < 1.29 is 4.74 Å². The minimum absolute atomic E-state index is 0.144. The molecular weight excluding hydrogens is 338 g/mol. The highest BCUT2D eigenvalue weighted by Crippen LogP contribution is 2.36. The molecule has 0 fully saturated rings. The number of hydrogen-bond acceptors (Lipinski definition) is 6. The number of methoxy groups -OCH3 is 1. The number of pyridine rings is 3. The molecule has 0 saturated heterocycles. The molecule has 4 rings (SSSR count). The van der Waals surface area contributed by atoms with E-state index in [9.17, 15) is 5.26 Å². The van der Waals surface area contributed by atoms with Crippen molar-refractivity contribution >= 4 is 16.7 Å². The second kappa shape index (κ2) is 6.73. The van der Waals surface area contributed by atoms with E-state index in [1.165, 1.54) is 0 Å². The Morgan fingerprint density at radius 3 is 2.52 bits per heavy atom. The topological polar surface area (TPSA) is 97.7 Å². The Kier molecular flexibility index (Phi) is 4.11. The van der Waals surface area contributed by atoms with Gasteiger partial charge >= 0.3 is 0 Å². The molecule has 1 aromatic carbocycles. The van der Waals surface area contributed by atoms with Gasteiger partial charge in [0.25, 0.3) is 0 Å². The molecule has 6 heteroatoms. The number of anilines is 1.